The quantitative estimate of drug-likeness (QED) is 0.908. The summed E-state index contributed by atoms with van der Waals surface area (Å²) in [6.07, 6.45) is 10.3. The van der Waals surface area contributed by atoms with Crippen LogP contribution in [0.3, 0.4) is 0 Å². The summed E-state index contributed by atoms with van der Waals surface area (Å²) in [4.78, 5) is 26.6. The SMILES string of the molecule is O=C1NCCN1c1ccc(-c2nc3c(s2)CCN(C2=CC=C2)CC3)cn1. The van der Waals surface area contributed by atoms with Gasteiger partial charge in [-0.3, -0.25) is 4.90 Å². The molecule has 4 heterocycles. The van der Waals surface area contributed by atoms with Crippen molar-refractivity contribution < 1.29 is 4.79 Å². The molecular weight excluding hydrogens is 346 g/mol. The molecule has 6 nitrogen and oxygen atoms in total. The molecule has 0 unspecified atom stereocenters. The summed E-state index contributed by atoms with van der Waals surface area (Å²) < 4.78 is 0. The highest BCUT2D eigenvalue weighted by Gasteiger charge is 2.23. The van der Waals surface area contributed by atoms with Crippen LogP contribution >= 0.6 is 11.3 Å². The number of urea groups is 1. The fourth-order valence-corrected chi connectivity index (χ4v) is 4.59. The lowest BCUT2D eigenvalue weighted by molar-refractivity contribution is 0.252. The first-order valence-electron chi connectivity index (χ1n) is 8.91. The van der Waals surface area contributed by atoms with Crippen LogP contribution in [0, 0.1) is 0 Å². The highest BCUT2D eigenvalue weighted by molar-refractivity contribution is 7.15. The molecule has 1 saturated heterocycles. The Balaban J connectivity index is 1.33. The van der Waals surface area contributed by atoms with Crippen LogP contribution in [0.5, 0.6) is 0 Å². The molecule has 0 aromatic carbocycles. The third-order valence-electron chi connectivity index (χ3n) is 5.03. The molecule has 2 aromatic heterocycles. The van der Waals surface area contributed by atoms with E-state index in [2.05, 4.69) is 33.4 Å². The summed E-state index contributed by atoms with van der Waals surface area (Å²) in [5.74, 6) is 0.694. The molecule has 2 amide bonds. The number of hydrogen-bond acceptors (Lipinski definition) is 5. The summed E-state index contributed by atoms with van der Waals surface area (Å²) in [7, 11) is 0. The van der Waals surface area contributed by atoms with Crippen LogP contribution in [0.4, 0.5) is 10.6 Å². The predicted molar refractivity (Wildman–Crippen MR) is 102 cm³/mol. The van der Waals surface area contributed by atoms with E-state index in [9.17, 15) is 4.79 Å². The van der Waals surface area contributed by atoms with Crippen LogP contribution in [-0.4, -0.2) is 47.1 Å². The topological polar surface area (TPSA) is 61.4 Å². The molecule has 132 valence electrons. The Bertz CT molecular complexity index is 889. The molecule has 1 fully saturated rings. The van der Waals surface area contributed by atoms with Crippen molar-refractivity contribution in [2.24, 2.45) is 0 Å². The molecule has 0 radical (unpaired) electrons. The molecule has 0 atom stereocenters. The van der Waals surface area contributed by atoms with Gasteiger partial charge in [0.15, 0.2) is 0 Å². The molecule has 1 N–H and O–H groups in total. The van der Waals surface area contributed by atoms with E-state index < -0.39 is 0 Å². The Labute approximate surface area is 155 Å². The first kappa shape index (κ1) is 15.6. The second-order valence-corrected chi connectivity index (χ2v) is 7.70. The Hall–Kier alpha value is -2.67. The number of carbonyl (C=O) groups is 1. The number of hydrogen-bond donors (Lipinski definition) is 1. The fraction of sp³-hybridized carbons (Fsp3) is 0.316. The lowest BCUT2D eigenvalue weighted by atomic mass is 10.2. The number of pyridine rings is 1. The lowest BCUT2D eigenvalue weighted by Gasteiger charge is -2.26. The normalized spacial score (nSPS) is 18.9. The van der Waals surface area contributed by atoms with Crippen molar-refractivity contribution in [2.75, 3.05) is 31.1 Å². The summed E-state index contributed by atoms with van der Waals surface area (Å²) in [6, 6.07) is 3.85. The first-order chi connectivity index (χ1) is 12.8. The smallest absolute Gasteiger partial charge is 0.323 e. The van der Waals surface area contributed by atoms with Crippen molar-refractivity contribution >= 4 is 23.2 Å². The zero-order chi connectivity index (χ0) is 17.5. The van der Waals surface area contributed by atoms with E-state index in [4.69, 9.17) is 4.98 Å². The first-order valence-corrected chi connectivity index (χ1v) is 9.73. The minimum absolute atomic E-state index is 0.0767. The monoisotopic (exact) mass is 365 g/mol. The van der Waals surface area contributed by atoms with Crippen LogP contribution in [0.15, 0.2) is 42.3 Å². The fourth-order valence-electron chi connectivity index (χ4n) is 3.50. The maximum atomic E-state index is 11.7. The van der Waals surface area contributed by atoms with Crippen molar-refractivity contribution in [1.29, 1.82) is 0 Å². The van der Waals surface area contributed by atoms with Gasteiger partial charge in [0.05, 0.1) is 5.69 Å². The van der Waals surface area contributed by atoms with Gasteiger partial charge in [-0.25, -0.2) is 14.8 Å². The highest BCUT2D eigenvalue weighted by atomic mass is 32.1. The van der Waals surface area contributed by atoms with Crippen molar-refractivity contribution in [3.05, 3.63) is 52.8 Å². The predicted octanol–water partition coefficient (Wildman–Crippen LogP) is 2.59. The van der Waals surface area contributed by atoms with Crippen LogP contribution in [0.25, 0.3) is 10.6 Å². The number of rotatable bonds is 3. The van der Waals surface area contributed by atoms with Gasteiger partial charge in [0.25, 0.3) is 0 Å². The maximum absolute atomic E-state index is 11.7. The van der Waals surface area contributed by atoms with Gasteiger partial charge in [-0.15, -0.1) is 11.3 Å². The Kier molecular flexibility index (Phi) is 3.74. The molecular formula is C19H19N5OS. The average Bonchev–Trinajstić information content (AvgIpc) is 3.17. The van der Waals surface area contributed by atoms with Crippen molar-refractivity contribution in [2.45, 2.75) is 12.8 Å². The van der Waals surface area contributed by atoms with Gasteiger partial charge in [-0.2, -0.15) is 0 Å². The molecule has 2 aliphatic heterocycles. The number of fused-ring (bicyclic) bond motifs is 1. The zero-order valence-corrected chi connectivity index (χ0v) is 15.1. The van der Waals surface area contributed by atoms with Gasteiger partial charge in [0.1, 0.15) is 10.8 Å². The Morgan fingerprint density at radius 2 is 2.04 bits per heavy atom. The number of nitrogens with zero attached hydrogens (tertiary/aromatic N) is 4. The summed E-state index contributed by atoms with van der Waals surface area (Å²) in [6.45, 7) is 3.41. The van der Waals surface area contributed by atoms with Crippen LogP contribution in [-0.2, 0) is 12.8 Å². The average molecular weight is 365 g/mol. The Morgan fingerprint density at radius 3 is 2.73 bits per heavy atom. The van der Waals surface area contributed by atoms with Crippen molar-refractivity contribution in [3.8, 4) is 10.6 Å². The number of carbonyl (C=O) groups excluding carboxylic acids is 1. The van der Waals surface area contributed by atoms with Gasteiger partial charge in [0.2, 0.25) is 0 Å². The molecule has 7 heteroatoms. The van der Waals surface area contributed by atoms with Gasteiger partial charge < -0.3 is 10.2 Å². The summed E-state index contributed by atoms with van der Waals surface area (Å²) in [5, 5.41) is 3.82. The van der Waals surface area contributed by atoms with Gasteiger partial charge in [-0.05, 0) is 24.3 Å². The second-order valence-electron chi connectivity index (χ2n) is 6.62. The molecule has 1 aliphatic carbocycles. The maximum Gasteiger partial charge on any atom is 0.323 e. The van der Waals surface area contributed by atoms with Crippen LogP contribution < -0.4 is 10.2 Å². The highest BCUT2D eigenvalue weighted by Crippen LogP contribution is 2.31. The van der Waals surface area contributed by atoms with Crippen molar-refractivity contribution in [1.82, 2.24) is 20.2 Å². The Morgan fingerprint density at radius 1 is 1.15 bits per heavy atom. The number of nitrogens with one attached hydrogen (secondary N) is 1. The van der Waals surface area contributed by atoms with E-state index >= 15 is 0 Å². The molecule has 0 bridgehead atoms. The molecule has 26 heavy (non-hydrogen) atoms. The minimum Gasteiger partial charge on any atom is -0.371 e. The van der Waals surface area contributed by atoms with E-state index in [0.29, 0.717) is 18.9 Å². The standard InChI is InChI=1S/C19H19N5OS/c25-19-20-8-11-24(19)17-5-4-13(12-21-17)18-22-15-6-9-23(14-2-1-3-14)10-7-16(15)26-18/h1-5,12H,6-11H2,(H,20,25). The second kappa shape index (κ2) is 6.25. The van der Waals surface area contributed by atoms with Gasteiger partial charge >= 0.3 is 6.03 Å². The third-order valence-corrected chi connectivity index (χ3v) is 6.24. The lowest BCUT2D eigenvalue weighted by Crippen LogP contribution is -2.28. The molecule has 2 aromatic rings. The number of anilines is 1. The van der Waals surface area contributed by atoms with E-state index in [1.54, 1.807) is 16.2 Å². The van der Waals surface area contributed by atoms with E-state index in [1.807, 2.05) is 18.3 Å². The number of amides is 2. The number of allylic oxidation sites excluding steroid dienone is 3. The van der Waals surface area contributed by atoms with Gasteiger partial charge in [0, 0.05) is 61.4 Å². The number of thiazole rings is 1. The molecule has 3 aliphatic rings. The molecule has 5 rings (SSSR count). The molecule has 0 saturated carbocycles. The molecule has 0 spiro atoms. The van der Waals surface area contributed by atoms with Crippen LogP contribution in [0.1, 0.15) is 10.6 Å². The largest absolute Gasteiger partial charge is 0.371 e. The van der Waals surface area contributed by atoms with E-state index in [1.165, 1.54) is 16.3 Å². The summed E-state index contributed by atoms with van der Waals surface area (Å²) in [5.41, 5.74) is 3.58. The summed E-state index contributed by atoms with van der Waals surface area (Å²) >= 11 is 1.77. The van der Waals surface area contributed by atoms with E-state index in [-0.39, 0.29) is 6.03 Å². The van der Waals surface area contributed by atoms with Crippen LogP contribution in [0.2, 0.25) is 0 Å². The third kappa shape index (κ3) is 2.68. The van der Waals surface area contributed by atoms with Gasteiger partial charge in [-0.1, -0.05) is 6.08 Å². The minimum atomic E-state index is -0.0767. The van der Waals surface area contributed by atoms with E-state index in [0.717, 1.165) is 36.5 Å². The number of aromatic nitrogens is 2. The zero-order valence-electron chi connectivity index (χ0n) is 14.3. The van der Waals surface area contributed by atoms with Crippen molar-refractivity contribution in [3.63, 3.8) is 0 Å².